The highest BCUT2D eigenvalue weighted by Gasteiger charge is 2.18. The lowest BCUT2D eigenvalue weighted by molar-refractivity contribution is 0.254. The molecule has 0 aliphatic heterocycles. The van der Waals surface area contributed by atoms with Crippen LogP contribution in [0.1, 0.15) is 18.9 Å². The molecule has 0 aromatic heterocycles. The third-order valence-corrected chi connectivity index (χ3v) is 4.11. The van der Waals surface area contributed by atoms with Crippen molar-refractivity contribution in [1.29, 1.82) is 0 Å². The minimum absolute atomic E-state index is 0.118. The van der Waals surface area contributed by atoms with Crippen molar-refractivity contribution in [1.82, 2.24) is 4.72 Å². The number of hydrogen-bond donors (Lipinski definition) is 3. The largest absolute Gasteiger partial charge is 0.398 e. The van der Waals surface area contributed by atoms with E-state index in [9.17, 15) is 8.42 Å². The maximum atomic E-state index is 11.9. The zero-order valence-electron chi connectivity index (χ0n) is 9.97. The van der Waals surface area contributed by atoms with Crippen LogP contribution in [0.15, 0.2) is 23.1 Å². The molecule has 0 amide bonds. The normalized spacial score (nSPS) is 13.6. The minimum atomic E-state index is -3.61. The minimum Gasteiger partial charge on any atom is -0.398 e. The van der Waals surface area contributed by atoms with Crippen molar-refractivity contribution in [3.05, 3.63) is 23.8 Å². The summed E-state index contributed by atoms with van der Waals surface area (Å²) in [5, 5.41) is 8.98. The monoisotopic (exact) mass is 258 g/mol. The molecule has 0 saturated carbocycles. The second-order valence-corrected chi connectivity index (χ2v) is 5.64. The summed E-state index contributed by atoms with van der Waals surface area (Å²) in [6, 6.07) is 4.10. The first kappa shape index (κ1) is 14.0. The summed E-state index contributed by atoms with van der Waals surface area (Å²) in [7, 11) is -3.61. The van der Waals surface area contributed by atoms with Gasteiger partial charge in [0.1, 0.15) is 0 Å². The van der Waals surface area contributed by atoms with Gasteiger partial charge in [-0.15, -0.1) is 0 Å². The summed E-state index contributed by atoms with van der Waals surface area (Å²) in [6.07, 6.45) is 0.525. The Morgan fingerprint density at radius 2 is 2.12 bits per heavy atom. The lowest BCUT2D eigenvalue weighted by Gasteiger charge is -2.14. The van der Waals surface area contributed by atoms with Crippen molar-refractivity contribution in [2.45, 2.75) is 31.2 Å². The van der Waals surface area contributed by atoms with Crippen LogP contribution in [0, 0.1) is 6.92 Å². The number of hydrogen-bond acceptors (Lipinski definition) is 4. The van der Waals surface area contributed by atoms with E-state index in [0.717, 1.165) is 5.56 Å². The van der Waals surface area contributed by atoms with E-state index < -0.39 is 16.1 Å². The van der Waals surface area contributed by atoms with E-state index in [1.807, 2.05) is 6.92 Å². The van der Waals surface area contributed by atoms with E-state index in [0.29, 0.717) is 12.1 Å². The van der Waals surface area contributed by atoms with Gasteiger partial charge in [-0.3, -0.25) is 0 Å². The first-order valence-corrected chi connectivity index (χ1v) is 6.88. The third-order valence-electron chi connectivity index (χ3n) is 2.60. The molecule has 0 heterocycles. The Morgan fingerprint density at radius 1 is 1.47 bits per heavy atom. The molecule has 0 bridgehead atoms. The Kier molecular flexibility index (Phi) is 4.50. The van der Waals surface area contributed by atoms with Gasteiger partial charge in [0.05, 0.1) is 11.5 Å². The number of benzene rings is 1. The average Bonchev–Trinajstić information content (AvgIpc) is 2.29. The molecule has 0 spiro atoms. The van der Waals surface area contributed by atoms with Gasteiger partial charge in [0.2, 0.25) is 10.0 Å². The van der Waals surface area contributed by atoms with Gasteiger partial charge in [-0.25, -0.2) is 13.1 Å². The van der Waals surface area contributed by atoms with E-state index in [1.54, 1.807) is 13.0 Å². The standard InChI is InChI=1S/C11H18N2O3S/c1-3-9(7-14)13-17(15,16)10-5-4-8(2)11(12)6-10/h4-6,9,13-14H,3,7,12H2,1-2H3/t9-/m0/s1. The first-order chi connectivity index (χ1) is 7.90. The topological polar surface area (TPSA) is 92.4 Å². The molecule has 1 rings (SSSR count). The van der Waals surface area contributed by atoms with Crippen LogP contribution in [0.25, 0.3) is 0 Å². The van der Waals surface area contributed by atoms with Gasteiger partial charge in [-0.2, -0.15) is 0 Å². The Morgan fingerprint density at radius 3 is 2.59 bits per heavy atom. The van der Waals surface area contributed by atoms with Crippen LogP contribution in [0.5, 0.6) is 0 Å². The number of aliphatic hydroxyl groups is 1. The number of nitrogens with one attached hydrogen (secondary N) is 1. The molecule has 17 heavy (non-hydrogen) atoms. The molecular weight excluding hydrogens is 240 g/mol. The van der Waals surface area contributed by atoms with Gasteiger partial charge >= 0.3 is 0 Å². The fraction of sp³-hybridized carbons (Fsp3) is 0.455. The second-order valence-electron chi connectivity index (χ2n) is 3.93. The molecule has 96 valence electrons. The number of rotatable bonds is 5. The summed E-state index contributed by atoms with van der Waals surface area (Å²) >= 11 is 0. The predicted octanol–water partition coefficient (Wildman–Crippen LogP) is 0.626. The molecule has 0 saturated heterocycles. The summed E-state index contributed by atoms with van der Waals surface area (Å²) in [6.45, 7) is 3.38. The first-order valence-electron chi connectivity index (χ1n) is 5.40. The molecule has 4 N–H and O–H groups in total. The van der Waals surface area contributed by atoms with E-state index in [1.165, 1.54) is 12.1 Å². The SMILES string of the molecule is CC[C@@H](CO)NS(=O)(=O)c1ccc(C)c(N)c1. The number of nitrogens with two attached hydrogens (primary N) is 1. The van der Waals surface area contributed by atoms with Gasteiger partial charge in [0.25, 0.3) is 0 Å². The molecule has 1 atom stereocenters. The molecule has 0 aliphatic rings. The van der Waals surface area contributed by atoms with Gasteiger partial charge in [-0.05, 0) is 31.0 Å². The highest BCUT2D eigenvalue weighted by Crippen LogP contribution is 2.17. The zero-order valence-corrected chi connectivity index (χ0v) is 10.8. The Labute approximate surface area is 102 Å². The molecule has 1 aromatic rings. The number of aryl methyl sites for hydroxylation is 1. The van der Waals surface area contributed by atoms with E-state index in [2.05, 4.69) is 4.72 Å². The summed E-state index contributed by atoms with van der Waals surface area (Å²) < 4.78 is 26.3. The predicted molar refractivity (Wildman–Crippen MR) is 67.1 cm³/mol. The Balaban J connectivity index is 3.01. The zero-order chi connectivity index (χ0) is 13.1. The number of aliphatic hydroxyl groups excluding tert-OH is 1. The summed E-state index contributed by atoms with van der Waals surface area (Å²) in [5.41, 5.74) is 6.94. The van der Waals surface area contributed by atoms with Crippen LogP contribution in [-0.2, 0) is 10.0 Å². The van der Waals surface area contributed by atoms with Crippen molar-refractivity contribution in [3.63, 3.8) is 0 Å². The van der Waals surface area contributed by atoms with Crippen molar-refractivity contribution >= 4 is 15.7 Å². The molecule has 5 nitrogen and oxygen atoms in total. The fourth-order valence-electron chi connectivity index (χ4n) is 1.32. The van der Waals surface area contributed by atoms with Crippen LogP contribution < -0.4 is 10.5 Å². The maximum Gasteiger partial charge on any atom is 0.240 e. The Bertz CT molecular complexity index is 481. The smallest absolute Gasteiger partial charge is 0.240 e. The van der Waals surface area contributed by atoms with E-state index >= 15 is 0 Å². The van der Waals surface area contributed by atoms with Crippen LogP contribution in [0.2, 0.25) is 0 Å². The Hall–Kier alpha value is -1.11. The second kappa shape index (κ2) is 5.48. The summed E-state index contributed by atoms with van der Waals surface area (Å²) in [4.78, 5) is 0.118. The van der Waals surface area contributed by atoms with Gasteiger partial charge in [0, 0.05) is 11.7 Å². The molecule has 6 heteroatoms. The average molecular weight is 258 g/mol. The lowest BCUT2D eigenvalue weighted by atomic mass is 10.2. The molecule has 1 aromatic carbocycles. The van der Waals surface area contributed by atoms with E-state index in [-0.39, 0.29) is 11.5 Å². The third kappa shape index (κ3) is 3.42. The highest BCUT2D eigenvalue weighted by atomic mass is 32.2. The van der Waals surface area contributed by atoms with Crippen molar-refractivity contribution in [2.75, 3.05) is 12.3 Å². The van der Waals surface area contributed by atoms with Crippen molar-refractivity contribution in [3.8, 4) is 0 Å². The molecule has 0 fully saturated rings. The van der Waals surface area contributed by atoms with Crippen molar-refractivity contribution < 1.29 is 13.5 Å². The number of sulfonamides is 1. The molecule has 0 aliphatic carbocycles. The highest BCUT2D eigenvalue weighted by molar-refractivity contribution is 7.89. The number of anilines is 1. The van der Waals surface area contributed by atoms with Crippen LogP contribution in [-0.4, -0.2) is 26.2 Å². The molecular formula is C11H18N2O3S. The van der Waals surface area contributed by atoms with E-state index in [4.69, 9.17) is 10.8 Å². The van der Waals surface area contributed by atoms with Gasteiger partial charge < -0.3 is 10.8 Å². The fourth-order valence-corrected chi connectivity index (χ4v) is 2.67. The quantitative estimate of drug-likeness (QED) is 0.675. The van der Waals surface area contributed by atoms with Gasteiger partial charge in [-0.1, -0.05) is 13.0 Å². The van der Waals surface area contributed by atoms with Gasteiger partial charge in [0.15, 0.2) is 0 Å². The molecule has 0 unspecified atom stereocenters. The maximum absolute atomic E-state index is 11.9. The van der Waals surface area contributed by atoms with Crippen LogP contribution >= 0.6 is 0 Å². The summed E-state index contributed by atoms with van der Waals surface area (Å²) in [5.74, 6) is 0. The lowest BCUT2D eigenvalue weighted by Crippen LogP contribution is -2.36. The van der Waals surface area contributed by atoms with Crippen LogP contribution in [0.3, 0.4) is 0 Å². The molecule has 0 radical (unpaired) electrons. The van der Waals surface area contributed by atoms with Crippen LogP contribution in [0.4, 0.5) is 5.69 Å². The number of nitrogen functional groups attached to an aromatic ring is 1. The van der Waals surface area contributed by atoms with Crippen molar-refractivity contribution in [2.24, 2.45) is 0 Å².